The maximum atomic E-state index is 13.5. The lowest BCUT2D eigenvalue weighted by atomic mass is 10.1. The summed E-state index contributed by atoms with van der Waals surface area (Å²) in [5.41, 5.74) is 2.21. The third-order valence-corrected chi connectivity index (χ3v) is 7.12. The lowest BCUT2D eigenvalue weighted by Crippen LogP contribution is -2.38. The van der Waals surface area contributed by atoms with Gasteiger partial charge in [0, 0.05) is 50.2 Å². The second-order valence-corrected chi connectivity index (χ2v) is 9.81. The summed E-state index contributed by atoms with van der Waals surface area (Å²) in [7, 11) is 1.43. The number of hydrogen-bond acceptors (Lipinski definition) is 5. The first-order chi connectivity index (χ1) is 14.6. The average molecular weight is 468 g/mol. The van der Waals surface area contributed by atoms with E-state index in [1.165, 1.54) is 17.5 Å². The SMILES string of the molecule is CC[C@@H](C)N(Cc1cc(NC(=O)COC)ccc1N(C)C)S(=O)(=O)c1cccc(Cl)c1. The maximum absolute atomic E-state index is 13.5. The van der Waals surface area contributed by atoms with Gasteiger partial charge in [-0.05, 0) is 55.3 Å². The largest absolute Gasteiger partial charge is 0.377 e. The van der Waals surface area contributed by atoms with Gasteiger partial charge in [-0.2, -0.15) is 4.31 Å². The van der Waals surface area contributed by atoms with Crippen molar-refractivity contribution >= 4 is 38.9 Å². The zero-order valence-corrected chi connectivity index (χ0v) is 20.1. The third-order valence-electron chi connectivity index (χ3n) is 4.93. The summed E-state index contributed by atoms with van der Waals surface area (Å²) >= 11 is 6.05. The van der Waals surface area contributed by atoms with Gasteiger partial charge in [-0.15, -0.1) is 0 Å². The monoisotopic (exact) mass is 467 g/mol. The zero-order valence-electron chi connectivity index (χ0n) is 18.6. The molecule has 1 atom stereocenters. The van der Waals surface area contributed by atoms with Gasteiger partial charge < -0.3 is 15.0 Å². The van der Waals surface area contributed by atoms with Crippen LogP contribution in [0.15, 0.2) is 47.4 Å². The molecule has 0 unspecified atom stereocenters. The van der Waals surface area contributed by atoms with Crippen LogP contribution in [-0.4, -0.2) is 52.5 Å². The number of anilines is 2. The molecule has 2 aromatic rings. The van der Waals surface area contributed by atoms with Crippen molar-refractivity contribution in [3.05, 3.63) is 53.1 Å². The molecule has 7 nitrogen and oxygen atoms in total. The van der Waals surface area contributed by atoms with Crippen molar-refractivity contribution < 1.29 is 17.9 Å². The molecule has 2 rings (SSSR count). The van der Waals surface area contributed by atoms with Crippen molar-refractivity contribution in [3.8, 4) is 0 Å². The summed E-state index contributed by atoms with van der Waals surface area (Å²) in [6, 6.07) is 11.5. The van der Waals surface area contributed by atoms with Crippen LogP contribution in [0, 0.1) is 0 Å². The highest BCUT2D eigenvalue weighted by atomic mass is 35.5. The molecule has 0 aliphatic carbocycles. The minimum atomic E-state index is -3.80. The number of hydrogen-bond donors (Lipinski definition) is 1. The van der Waals surface area contributed by atoms with Gasteiger partial charge >= 0.3 is 0 Å². The first-order valence-electron chi connectivity index (χ1n) is 9.96. The van der Waals surface area contributed by atoms with Crippen LogP contribution in [0.3, 0.4) is 0 Å². The van der Waals surface area contributed by atoms with Crippen LogP contribution in [0.1, 0.15) is 25.8 Å². The van der Waals surface area contributed by atoms with Gasteiger partial charge in [-0.3, -0.25) is 4.79 Å². The second-order valence-electron chi connectivity index (χ2n) is 7.48. The Balaban J connectivity index is 2.49. The molecule has 0 aromatic heterocycles. The number of nitrogens with one attached hydrogen (secondary N) is 1. The van der Waals surface area contributed by atoms with Gasteiger partial charge in [-0.25, -0.2) is 8.42 Å². The molecular formula is C22H30ClN3O4S. The predicted octanol–water partition coefficient (Wildman–Crippen LogP) is 3.98. The molecule has 0 saturated carbocycles. The molecule has 31 heavy (non-hydrogen) atoms. The standard InChI is InChI=1S/C22H30ClN3O4S/c1-6-16(2)26(31(28,29)20-9-7-8-18(23)13-20)14-17-12-19(24-22(27)15-30-5)10-11-21(17)25(3)4/h7-13,16H,6,14-15H2,1-5H3,(H,24,27)/t16-/m1/s1. The fraction of sp³-hybridized carbons (Fsp3) is 0.409. The van der Waals surface area contributed by atoms with Crippen molar-refractivity contribution in [1.29, 1.82) is 0 Å². The summed E-state index contributed by atoms with van der Waals surface area (Å²) in [5.74, 6) is -0.281. The van der Waals surface area contributed by atoms with Crippen molar-refractivity contribution in [2.24, 2.45) is 0 Å². The van der Waals surface area contributed by atoms with Crippen LogP contribution in [0.5, 0.6) is 0 Å². The molecule has 0 bridgehead atoms. The molecule has 0 fully saturated rings. The van der Waals surface area contributed by atoms with Crippen LogP contribution in [0.4, 0.5) is 11.4 Å². The van der Waals surface area contributed by atoms with Crippen molar-refractivity contribution in [2.75, 3.05) is 38.0 Å². The van der Waals surface area contributed by atoms with E-state index in [-0.39, 0.29) is 30.0 Å². The Kier molecular flexibility index (Phi) is 8.88. The lowest BCUT2D eigenvalue weighted by molar-refractivity contribution is -0.119. The predicted molar refractivity (Wildman–Crippen MR) is 125 cm³/mol. The lowest BCUT2D eigenvalue weighted by Gasteiger charge is -2.30. The van der Waals surface area contributed by atoms with Gasteiger partial charge in [0.2, 0.25) is 15.9 Å². The third kappa shape index (κ3) is 6.43. The van der Waals surface area contributed by atoms with Gasteiger partial charge in [0.1, 0.15) is 6.61 Å². The molecule has 0 spiro atoms. The minimum absolute atomic E-state index is 0.0626. The number of rotatable bonds is 10. The number of benzene rings is 2. The topological polar surface area (TPSA) is 79.0 Å². The van der Waals surface area contributed by atoms with E-state index >= 15 is 0 Å². The van der Waals surface area contributed by atoms with Crippen LogP contribution in [0.2, 0.25) is 5.02 Å². The van der Waals surface area contributed by atoms with Crippen LogP contribution in [0.25, 0.3) is 0 Å². The molecule has 0 aliphatic rings. The van der Waals surface area contributed by atoms with Crippen LogP contribution in [-0.2, 0) is 26.1 Å². The van der Waals surface area contributed by atoms with Gasteiger partial charge in [-0.1, -0.05) is 24.6 Å². The molecule has 0 aliphatic heterocycles. The summed E-state index contributed by atoms with van der Waals surface area (Å²) < 4.78 is 33.3. The Hall–Kier alpha value is -2.13. The van der Waals surface area contributed by atoms with E-state index in [0.29, 0.717) is 17.1 Å². The summed E-state index contributed by atoms with van der Waals surface area (Å²) in [5, 5.41) is 3.14. The summed E-state index contributed by atoms with van der Waals surface area (Å²) in [4.78, 5) is 14.0. The normalized spacial score (nSPS) is 12.6. The molecule has 9 heteroatoms. The number of sulfonamides is 1. The summed E-state index contributed by atoms with van der Waals surface area (Å²) in [6.45, 7) is 3.90. The first-order valence-corrected chi connectivity index (χ1v) is 11.8. The number of carbonyl (C=O) groups is 1. The molecule has 1 N–H and O–H groups in total. The quantitative estimate of drug-likeness (QED) is 0.571. The van der Waals surface area contributed by atoms with E-state index in [0.717, 1.165) is 11.3 Å². The fourth-order valence-corrected chi connectivity index (χ4v) is 5.15. The Bertz CT molecular complexity index is 1010. The Labute approximate surface area is 190 Å². The highest BCUT2D eigenvalue weighted by Crippen LogP contribution is 2.29. The van der Waals surface area contributed by atoms with Crippen LogP contribution >= 0.6 is 11.6 Å². The van der Waals surface area contributed by atoms with Crippen LogP contribution < -0.4 is 10.2 Å². The number of ether oxygens (including phenoxy) is 1. The molecule has 170 valence electrons. The average Bonchev–Trinajstić information content (AvgIpc) is 2.71. The second kappa shape index (κ2) is 10.9. The van der Waals surface area contributed by atoms with E-state index < -0.39 is 10.0 Å². The fourth-order valence-electron chi connectivity index (χ4n) is 3.17. The number of methoxy groups -OCH3 is 1. The van der Waals surface area contributed by atoms with E-state index in [2.05, 4.69) is 5.32 Å². The highest BCUT2D eigenvalue weighted by molar-refractivity contribution is 7.89. The van der Waals surface area contributed by atoms with E-state index in [1.807, 2.05) is 38.9 Å². The van der Waals surface area contributed by atoms with E-state index in [9.17, 15) is 13.2 Å². The zero-order chi connectivity index (χ0) is 23.2. The number of amides is 1. The molecule has 0 radical (unpaired) electrons. The first kappa shape index (κ1) is 25.1. The molecule has 0 heterocycles. The molecule has 0 saturated heterocycles. The van der Waals surface area contributed by atoms with E-state index in [4.69, 9.17) is 16.3 Å². The van der Waals surface area contributed by atoms with Gasteiger partial charge in [0.15, 0.2) is 0 Å². The molecule has 1 amide bonds. The highest BCUT2D eigenvalue weighted by Gasteiger charge is 2.29. The number of halogens is 1. The minimum Gasteiger partial charge on any atom is -0.377 e. The molecular weight excluding hydrogens is 438 g/mol. The Morgan fingerprint density at radius 3 is 2.48 bits per heavy atom. The van der Waals surface area contributed by atoms with Crippen molar-refractivity contribution in [2.45, 2.75) is 37.8 Å². The smallest absolute Gasteiger partial charge is 0.250 e. The van der Waals surface area contributed by atoms with Crippen molar-refractivity contribution in [1.82, 2.24) is 4.31 Å². The number of carbonyl (C=O) groups excluding carboxylic acids is 1. The van der Waals surface area contributed by atoms with Gasteiger partial charge in [0.05, 0.1) is 4.90 Å². The Morgan fingerprint density at radius 2 is 1.90 bits per heavy atom. The Morgan fingerprint density at radius 1 is 1.19 bits per heavy atom. The van der Waals surface area contributed by atoms with Crippen molar-refractivity contribution in [3.63, 3.8) is 0 Å². The number of nitrogens with zero attached hydrogens (tertiary/aromatic N) is 2. The van der Waals surface area contributed by atoms with Gasteiger partial charge in [0.25, 0.3) is 0 Å². The maximum Gasteiger partial charge on any atom is 0.250 e. The molecule has 2 aromatic carbocycles. The summed E-state index contributed by atoms with van der Waals surface area (Å²) in [6.07, 6.45) is 0.640. The van der Waals surface area contributed by atoms with E-state index in [1.54, 1.807) is 30.3 Å².